The molecule has 120 valence electrons. The van der Waals surface area contributed by atoms with Gasteiger partial charge in [-0.1, -0.05) is 6.92 Å². The highest BCUT2D eigenvalue weighted by Gasteiger charge is 2.37. The Balaban J connectivity index is 2.86. The topological polar surface area (TPSA) is 81.9 Å². The summed E-state index contributed by atoms with van der Waals surface area (Å²) in [5.74, 6) is 1.69. The summed E-state index contributed by atoms with van der Waals surface area (Å²) < 4.78 is 34.9. The van der Waals surface area contributed by atoms with Gasteiger partial charge in [0.15, 0.2) is 16.1 Å². The van der Waals surface area contributed by atoms with Gasteiger partial charge in [0, 0.05) is 57.0 Å². The number of hydrogen-bond donors (Lipinski definition) is 1. The van der Waals surface area contributed by atoms with E-state index in [2.05, 4.69) is 0 Å². The Bertz CT molecular complexity index is 374. The second-order valence-electron chi connectivity index (χ2n) is 4.75. The summed E-state index contributed by atoms with van der Waals surface area (Å²) >= 11 is 1.68. The molecule has 1 fully saturated rings. The van der Waals surface area contributed by atoms with Crippen LogP contribution >= 0.6 is 11.8 Å². The van der Waals surface area contributed by atoms with Crippen LogP contribution in [0.2, 0.25) is 0 Å². The molecule has 0 aromatic carbocycles. The molecule has 0 aromatic rings. The van der Waals surface area contributed by atoms with Gasteiger partial charge in [0.1, 0.15) is 5.37 Å². The van der Waals surface area contributed by atoms with E-state index in [1.807, 2.05) is 4.90 Å². The van der Waals surface area contributed by atoms with Crippen molar-refractivity contribution in [2.45, 2.75) is 31.1 Å². The standard InChI is InChI=1S/C12H26N2O4S2/c1-4-20(15,16)11-9-19-6-5-14(11)10(8-13)7-12(17-2)18-3/h10-12H,4-9,13H2,1-3H3. The molecule has 1 aliphatic rings. The van der Waals surface area contributed by atoms with Crippen LogP contribution in [0.4, 0.5) is 0 Å². The van der Waals surface area contributed by atoms with Crippen molar-refractivity contribution in [1.29, 1.82) is 0 Å². The van der Waals surface area contributed by atoms with E-state index in [-0.39, 0.29) is 18.1 Å². The van der Waals surface area contributed by atoms with E-state index in [1.165, 1.54) is 0 Å². The molecule has 1 saturated heterocycles. The molecular weight excluding hydrogens is 300 g/mol. The van der Waals surface area contributed by atoms with Crippen molar-refractivity contribution < 1.29 is 17.9 Å². The molecule has 1 rings (SSSR count). The number of thioether (sulfide) groups is 1. The quantitative estimate of drug-likeness (QED) is 0.635. The SMILES string of the molecule is CCS(=O)(=O)C1CSCCN1C(CN)CC(OC)OC. The second-order valence-corrected chi connectivity index (χ2v) is 8.34. The highest BCUT2D eigenvalue weighted by molar-refractivity contribution is 8.01. The largest absolute Gasteiger partial charge is 0.356 e. The maximum atomic E-state index is 12.3. The lowest BCUT2D eigenvalue weighted by Crippen LogP contribution is -2.55. The minimum atomic E-state index is -3.11. The maximum absolute atomic E-state index is 12.3. The molecule has 0 aliphatic carbocycles. The first-order chi connectivity index (χ1) is 9.50. The maximum Gasteiger partial charge on any atom is 0.166 e. The molecule has 6 nitrogen and oxygen atoms in total. The van der Waals surface area contributed by atoms with Crippen LogP contribution in [0.5, 0.6) is 0 Å². The van der Waals surface area contributed by atoms with Crippen LogP contribution in [0, 0.1) is 0 Å². The third kappa shape index (κ3) is 4.57. The summed E-state index contributed by atoms with van der Waals surface area (Å²) in [6.07, 6.45) is 0.215. The summed E-state index contributed by atoms with van der Waals surface area (Å²) in [5.41, 5.74) is 5.85. The van der Waals surface area contributed by atoms with Gasteiger partial charge in [-0.3, -0.25) is 4.90 Å². The number of nitrogens with two attached hydrogens (primary N) is 1. The van der Waals surface area contributed by atoms with E-state index in [0.29, 0.717) is 18.7 Å². The normalized spacial score (nSPS) is 23.1. The summed E-state index contributed by atoms with van der Waals surface area (Å²) in [7, 11) is 0.0480. The molecule has 2 N–H and O–H groups in total. The monoisotopic (exact) mass is 326 g/mol. The molecule has 1 aliphatic heterocycles. The van der Waals surface area contributed by atoms with E-state index < -0.39 is 15.2 Å². The van der Waals surface area contributed by atoms with Crippen LogP contribution < -0.4 is 5.73 Å². The molecule has 20 heavy (non-hydrogen) atoms. The smallest absolute Gasteiger partial charge is 0.166 e. The average Bonchev–Trinajstić information content (AvgIpc) is 2.48. The first-order valence-corrected chi connectivity index (χ1v) is 9.67. The zero-order valence-electron chi connectivity index (χ0n) is 12.4. The number of methoxy groups -OCH3 is 2. The molecule has 2 unspecified atom stereocenters. The summed E-state index contributed by atoms with van der Waals surface area (Å²) in [4.78, 5) is 2.01. The number of rotatable bonds is 8. The average molecular weight is 326 g/mol. The van der Waals surface area contributed by atoms with E-state index >= 15 is 0 Å². The van der Waals surface area contributed by atoms with Crippen LogP contribution in [0.15, 0.2) is 0 Å². The summed E-state index contributed by atoms with van der Waals surface area (Å²) in [5, 5.41) is -0.450. The van der Waals surface area contributed by atoms with Crippen LogP contribution in [0.25, 0.3) is 0 Å². The summed E-state index contributed by atoms with van der Waals surface area (Å²) in [6.45, 7) is 2.82. The molecule has 0 aromatic heterocycles. The van der Waals surface area contributed by atoms with Crippen molar-refractivity contribution in [3.8, 4) is 0 Å². The van der Waals surface area contributed by atoms with E-state index in [1.54, 1.807) is 32.9 Å². The minimum Gasteiger partial charge on any atom is -0.356 e. The number of ether oxygens (including phenoxy) is 2. The molecule has 0 spiro atoms. The van der Waals surface area contributed by atoms with Gasteiger partial charge in [0.25, 0.3) is 0 Å². The van der Waals surface area contributed by atoms with Crippen LogP contribution in [0.1, 0.15) is 13.3 Å². The predicted octanol–water partition coefficient (Wildman–Crippen LogP) is 0.132. The zero-order valence-corrected chi connectivity index (χ0v) is 14.1. The fourth-order valence-corrected chi connectivity index (χ4v) is 5.48. The Hall–Kier alpha value is 0.140. The van der Waals surface area contributed by atoms with Gasteiger partial charge in [-0.25, -0.2) is 8.42 Å². The van der Waals surface area contributed by atoms with E-state index in [4.69, 9.17) is 15.2 Å². The molecule has 1 heterocycles. The fraction of sp³-hybridized carbons (Fsp3) is 1.00. The first-order valence-electron chi connectivity index (χ1n) is 6.80. The molecule has 0 radical (unpaired) electrons. The van der Waals surface area contributed by atoms with Crippen molar-refractivity contribution in [3.63, 3.8) is 0 Å². The van der Waals surface area contributed by atoms with Crippen LogP contribution in [0.3, 0.4) is 0 Å². The molecule has 2 atom stereocenters. The minimum absolute atomic E-state index is 0.0490. The van der Waals surface area contributed by atoms with Crippen molar-refractivity contribution in [2.24, 2.45) is 5.73 Å². The van der Waals surface area contributed by atoms with Crippen molar-refractivity contribution in [1.82, 2.24) is 4.90 Å². The Morgan fingerprint density at radius 3 is 2.55 bits per heavy atom. The highest BCUT2D eigenvalue weighted by Crippen LogP contribution is 2.25. The van der Waals surface area contributed by atoms with Gasteiger partial charge in [0.05, 0.1) is 0 Å². The Morgan fingerprint density at radius 2 is 2.05 bits per heavy atom. The zero-order chi connectivity index (χ0) is 15.2. The Labute approximate surface area is 126 Å². The number of nitrogens with zero attached hydrogens (tertiary/aromatic N) is 1. The van der Waals surface area contributed by atoms with Crippen molar-refractivity contribution in [3.05, 3.63) is 0 Å². The van der Waals surface area contributed by atoms with Gasteiger partial charge in [-0.2, -0.15) is 11.8 Å². The van der Waals surface area contributed by atoms with Gasteiger partial charge in [0.2, 0.25) is 0 Å². The lowest BCUT2D eigenvalue weighted by Gasteiger charge is -2.40. The fourth-order valence-electron chi connectivity index (χ4n) is 2.39. The second kappa shape index (κ2) is 8.55. The van der Waals surface area contributed by atoms with Gasteiger partial charge >= 0.3 is 0 Å². The third-order valence-electron chi connectivity index (χ3n) is 3.67. The van der Waals surface area contributed by atoms with Crippen LogP contribution in [-0.2, 0) is 19.3 Å². The molecular formula is C12H26N2O4S2. The molecule has 8 heteroatoms. The number of hydrogen-bond acceptors (Lipinski definition) is 7. The lowest BCUT2D eigenvalue weighted by molar-refractivity contribution is -0.116. The van der Waals surface area contributed by atoms with Gasteiger partial charge in [-0.05, 0) is 0 Å². The molecule has 0 amide bonds. The van der Waals surface area contributed by atoms with E-state index in [9.17, 15) is 8.42 Å². The van der Waals surface area contributed by atoms with Gasteiger partial charge in [-0.15, -0.1) is 0 Å². The molecule has 0 saturated carbocycles. The molecule has 0 bridgehead atoms. The van der Waals surface area contributed by atoms with Crippen LogP contribution in [-0.4, -0.2) is 75.6 Å². The third-order valence-corrected chi connectivity index (χ3v) is 6.98. The summed E-state index contributed by atoms with van der Waals surface area (Å²) in [6, 6.07) is -0.0490. The van der Waals surface area contributed by atoms with Crippen molar-refractivity contribution in [2.75, 3.05) is 44.6 Å². The highest BCUT2D eigenvalue weighted by atomic mass is 32.2. The first kappa shape index (κ1) is 18.2. The lowest BCUT2D eigenvalue weighted by atomic mass is 10.1. The number of sulfone groups is 1. The van der Waals surface area contributed by atoms with Crippen molar-refractivity contribution >= 4 is 21.6 Å². The van der Waals surface area contributed by atoms with Gasteiger partial charge < -0.3 is 15.2 Å². The Morgan fingerprint density at radius 1 is 1.40 bits per heavy atom. The van der Waals surface area contributed by atoms with E-state index in [0.717, 1.165) is 12.3 Å². The Kier molecular flexibility index (Phi) is 7.78. The predicted molar refractivity (Wildman–Crippen MR) is 82.5 cm³/mol.